The smallest absolute Gasteiger partial charge is 0.251 e. The number of rotatable bonds is 4. The molecule has 0 aliphatic carbocycles. The third-order valence-electron chi connectivity index (χ3n) is 3.23. The molecule has 5 heteroatoms. The first-order chi connectivity index (χ1) is 8.97. The van der Waals surface area contributed by atoms with Crippen LogP contribution in [0, 0.1) is 5.92 Å². The van der Waals surface area contributed by atoms with Gasteiger partial charge in [0.2, 0.25) is 5.91 Å². The first kappa shape index (κ1) is 13.5. The summed E-state index contributed by atoms with van der Waals surface area (Å²) in [5, 5.41) is 15.0. The van der Waals surface area contributed by atoms with Crippen molar-refractivity contribution in [2.75, 3.05) is 11.9 Å². The number of nitrogens with one attached hydrogen (secondary N) is 2. The second-order valence-electron chi connectivity index (χ2n) is 5.12. The summed E-state index contributed by atoms with van der Waals surface area (Å²) in [5.41, 5.74) is 2.11. The van der Waals surface area contributed by atoms with E-state index in [4.69, 9.17) is 0 Å². The minimum absolute atomic E-state index is 0.0530. The Morgan fingerprint density at radius 3 is 2.89 bits per heavy atom. The van der Waals surface area contributed by atoms with Crippen molar-refractivity contribution >= 4 is 17.5 Å². The summed E-state index contributed by atoms with van der Waals surface area (Å²) in [7, 11) is 0. The number of hydrogen-bond donors (Lipinski definition) is 3. The van der Waals surface area contributed by atoms with E-state index in [1.807, 2.05) is 13.8 Å². The highest BCUT2D eigenvalue weighted by atomic mass is 16.3. The molecule has 1 unspecified atom stereocenters. The molecule has 5 nitrogen and oxygen atoms in total. The van der Waals surface area contributed by atoms with Crippen molar-refractivity contribution < 1.29 is 14.7 Å². The van der Waals surface area contributed by atoms with Gasteiger partial charge in [-0.05, 0) is 29.7 Å². The fraction of sp³-hybridized carbons (Fsp3) is 0.429. The molecular formula is C14H18N2O3. The monoisotopic (exact) mass is 262 g/mol. The highest BCUT2D eigenvalue weighted by molar-refractivity contribution is 6.01. The Labute approximate surface area is 112 Å². The molecule has 0 radical (unpaired) electrons. The molecule has 2 rings (SSSR count). The molecule has 1 aliphatic heterocycles. The summed E-state index contributed by atoms with van der Waals surface area (Å²) >= 11 is 0. The number of carbonyl (C=O) groups excluding carboxylic acids is 2. The second kappa shape index (κ2) is 5.40. The fourth-order valence-corrected chi connectivity index (χ4v) is 1.91. The van der Waals surface area contributed by atoms with Crippen LogP contribution in [0.1, 0.15) is 29.8 Å². The van der Waals surface area contributed by atoms with E-state index in [1.165, 1.54) is 0 Å². The Hall–Kier alpha value is -1.88. The van der Waals surface area contributed by atoms with Gasteiger partial charge >= 0.3 is 0 Å². The normalized spacial score (nSPS) is 15.1. The van der Waals surface area contributed by atoms with Crippen molar-refractivity contribution in [2.45, 2.75) is 26.4 Å². The Morgan fingerprint density at radius 2 is 2.21 bits per heavy atom. The lowest BCUT2D eigenvalue weighted by atomic mass is 10.1. The van der Waals surface area contributed by atoms with Crippen LogP contribution in [-0.2, 0) is 11.2 Å². The quantitative estimate of drug-likeness (QED) is 0.755. The Kier molecular flexibility index (Phi) is 3.85. The van der Waals surface area contributed by atoms with Gasteiger partial charge in [-0.3, -0.25) is 9.59 Å². The van der Waals surface area contributed by atoms with Crippen LogP contribution in [0.3, 0.4) is 0 Å². The van der Waals surface area contributed by atoms with Crippen molar-refractivity contribution in [3.05, 3.63) is 29.3 Å². The van der Waals surface area contributed by atoms with Crippen LogP contribution >= 0.6 is 0 Å². The summed E-state index contributed by atoms with van der Waals surface area (Å²) in [6, 6.07) is 5.11. The van der Waals surface area contributed by atoms with E-state index in [2.05, 4.69) is 10.6 Å². The topological polar surface area (TPSA) is 78.4 Å². The lowest BCUT2D eigenvalue weighted by molar-refractivity contribution is -0.115. The SMILES string of the molecule is CC(C)C(O)CNC(=O)c1ccc2c(c1)CC(=O)N2. The van der Waals surface area contributed by atoms with Gasteiger partial charge in [0.15, 0.2) is 0 Å². The number of aliphatic hydroxyl groups excluding tert-OH is 1. The van der Waals surface area contributed by atoms with Crippen LogP contribution in [0.25, 0.3) is 0 Å². The predicted octanol–water partition coefficient (Wildman–Crippen LogP) is 0.928. The Morgan fingerprint density at radius 1 is 1.47 bits per heavy atom. The molecule has 3 N–H and O–H groups in total. The van der Waals surface area contributed by atoms with Crippen LogP contribution in [-0.4, -0.2) is 29.6 Å². The molecule has 0 fully saturated rings. The molecule has 1 heterocycles. The molecule has 1 aromatic carbocycles. The lowest BCUT2D eigenvalue weighted by Gasteiger charge is -2.15. The zero-order valence-corrected chi connectivity index (χ0v) is 11.1. The molecule has 0 spiro atoms. The predicted molar refractivity (Wildman–Crippen MR) is 72.0 cm³/mol. The van der Waals surface area contributed by atoms with Gasteiger partial charge in [0, 0.05) is 17.8 Å². The van der Waals surface area contributed by atoms with Gasteiger partial charge < -0.3 is 15.7 Å². The molecule has 1 aromatic rings. The first-order valence-corrected chi connectivity index (χ1v) is 6.36. The molecule has 19 heavy (non-hydrogen) atoms. The van der Waals surface area contributed by atoms with E-state index in [0.717, 1.165) is 11.3 Å². The van der Waals surface area contributed by atoms with E-state index in [0.29, 0.717) is 12.0 Å². The summed E-state index contributed by atoms with van der Waals surface area (Å²) in [4.78, 5) is 23.2. The van der Waals surface area contributed by atoms with Crippen LogP contribution in [0.15, 0.2) is 18.2 Å². The maximum absolute atomic E-state index is 11.9. The van der Waals surface area contributed by atoms with Gasteiger partial charge in [-0.2, -0.15) is 0 Å². The van der Waals surface area contributed by atoms with E-state index in [-0.39, 0.29) is 24.3 Å². The second-order valence-corrected chi connectivity index (χ2v) is 5.12. The average Bonchev–Trinajstić information content (AvgIpc) is 2.74. The fourth-order valence-electron chi connectivity index (χ4n) is 1.91. The maximum Gasteiger partial charge on any atom is 0.251 e. The van der Waals surface area contributed by atoms with E-state index in [1.54, 1.807) is 18.2 Å². The Balaban J connectivity index is 2.01. The van der Waals surface area contributed by atoms with Crippen LogP contribution in [0.5, 0.6) is 0 Å². The number of fused-ring (bicyclic) bond motifs is 1. The van der Waals surface area contributed by atoms with Crippen molar-refractivity contribution in [1.82, 2.24) is 5.32 Å². The van der Waals surface area contributed by atoms with E-state index < -0.39 is 6.10 Å². The highest BCUT2D eigenvalue weighted by Gasteiger charge is 2.19. The summed E-state index contributed by atoms with van der Waals surface area (Å²) < 4.78 is 0. The minimum atomic E-state index is -0.554. The number of amides is 2. The van der Waals surface area contributed by atoms with Gasteiger partial charge in [0.05, 0.1) is 12.5 Å². The van der Waals surface area contributed by atoms with E-state index in [9.17, 15) is 14.7 Å². The first-order valence-electron chi connectivity index (χ1n) is 6.36. The average molecular weight is 262 g/mol. The van der Waals surface area contributed by atoms with Crippen molar-refractivity contribution in [2.24, 2.45) is 5.92 Å². The number of hydrogen-bond acceptors (Lipinski definition) is 3. The van der Waals surface area contributed by atoms with Crippen LogP contribution in [0.4, 0.5) is 5.69 Å². The maximum atomic E-state index is 11.9. The lowest BCUT2D eigenvalue weighted by Crippen LogP contribution is -2.34. The third-order valence-corrected chi connectivity index (χ3v) is 3.23. The number of benzene rings is 1. The van der Waals surface area contributed by atoms with Gasteiger partial charge in [0.1, 0.15) is 0 Å². The number of anilines is 1. The number of aliphatic hydroxyl groups is 1. The molecular weight excluding hydrogens is 244 g/mol. The van der Waals surface area contributed by atoms with E-state index >= 15 is 0 Å². The molecule has 1 aliphatic rings. The molecule has 0 bridgehead atoms. The standard InChI is InChI=1S/C14H18N2O3/c1-8(2)12(17)7-15-14(19)9-3-4-11-10(5-9)6-13(18)16-11/h3-5,8,12,17H,6-7H2,1-2H3,(H,15,19)(H,16,18). The molecule has 0 aromatic heterocycles. The zero-order valence-electron chi connectivity index (χ0n) is 11.1. The molecule has 1 atom stereocenters. The summed E-state index contributed by atoms with van der Waals surface area (Å²) in [6.45, 7) is 4.01. The molecule has 0 saturated carbocycles. The van der Waals surface area contributed by atoms with Gasteiger partial charge in [-0.25, -0.2) is 0 Å². The van der Waals surface area contributed by atoms with Gasteiger partial charge in [0.25, 0.3) is 5.91 Å². The van der Waals surface area contributed by atoms with Crippen molar-refractivity contribution in [3.63, 3.8) is 0 Å². The zero-order chi connectivity index (χ0) is 14.0. The van der Waals surface area contributed by atoms with Gasteiger partial charge in [-0.15, -0.1) is 0 Å². The summed E-state index contributed by atoms with van der Waals surface area (Å²) in [5.74, 6) is -0.188. The summed E-state index contributed by atoms with van der Waals surface area (Å²) in [6.07, 6.45) is -0.243. The minimum Gasteiger partial charge on any atom is -0.391 e. The molecule has 2 amide bonds. The number of carbonyl (C=O) groups is 2. The van der Waals surface area contributed by atoms with Crippen LogP contribution < -0.4 is 10.6 Å². The third kappa shape index (κ3) is 3.12. The van der Waals surface area contributed by atoms with Crippen molar-refractivity contribution in [3.8, 4) is 0 Å². The largest absolute Gasteiger partial charge is 0.391 e. The molecule has 0 saturated heterocycles. The molecule has 102 valence electrons. The Bertz CT molecular complexity index is 511. The van der Waals surface area contributed by atoms with Crippen LogP contribution in [0.2, 0.25) is 0 Å². The highest BCUT2D eigenvalue weighted by Crippen LogP contribution is 2.23. The van der Waals surface area contributed by atoms with Gasteiger partial charge in [-0.1, -0.05) is 13.8 Å². The van der Waals surface area contributed by atoms with Crippen molar-refractivity contribution in [1.29, 1.82) is 0 Å².